The Labute approximate surface area is 152 Å². The quantitative estimate of drug-likeness (QED) is 0.602. The van der Waals surface area contributed by atoms with E-state index in [-0.39, 0.29) is 0 Å². The van der Waals surface area contributed by atoms with Crippen LogP contribution in [0.5, 0.6) is 0 Å². The number of benzene rings is 2. The molecule has 2 aromatic carbocycles. The van der Waals surface area contributed by atoms with Gasteiger partial charge in [-0.05, 0) is 47.4 Å². The van der Waals surface area contributed by atoms with E-state index in [0.717, 1.165) is 27.4 Å². The third-order valence-corrected chi connectivity index (χ3v) is 4.81. The van der Waals surface area contributed by atoms with Crippen LogP contribution >= 0.6 is 0 Å². The molecule has 4 aromatic rings. The third-order valence-electron chi connectivity index (χ3n) is 4.81. The average Bonchev–Trinajstić information content (AvgIpc) is 2.96. The van der Waals surface area contributed by atoms with Crippen LogP contribution in [0.2, 0.25) is 0 Å². The first-order chi connectivity index (χ1) is 12.6. The van der Waals surface area contributed by atoms with Crippen molar-refractivity contribution in [2.24, 2.45) is 5.73 Å². The average molecular weight is 342 g/mol. The summed E-state index contributed by atoms with van der Waals surface area (Å²) < 4.78 is 2.22. The molecule has 0 spiro atoms. The number of aromatic nitrogens is 2. The Hall–Kier alpha value is -3.14. The molecular formula is C22H20N3O. The predicted molar refractivity (Wildman–Crippen MR) is 104 cm³/mol. The Morgan fingerprint density at radius 3 is 2.77 bits per heavy atom. The number of rotatable bonds is 4. The Balaban J connectivity index is 2.07. The summed E-state index contributed by atoms with van der Waals surface area (Å²) in [6.45, 7) is 5.00. The van der Waals surface area contributed by atoms with Crippen molar-refractivity contribution in [1.82, 2.24) is 9.55 Å². The number of pyridine rings is 1. The maximum atomic E-state index is 12.0. The van der Waals surface area contributed by atoms with Gasteiger partial charge in [0.05, 0.1) is 11.0 Å². The van der Waals surface area contributed by atoms with Gasteiger partial charge in [-0.15, -0.1) is 0 Å². The van der Waals surface area contributed by atoms with Crippen LogP contribution in [0.3, 0.4) is 0 Å². The van der Waals surface area contributed by atoms with Crippen molar-refractivity contribution in [1.29, 1.82) is 0 Å². The number of hydrogen-bond donors (Lipinski definition) is 1. The van der Waals surface area contributed by atoms with Crippen LogP contribution < -0.4 is 5.73 Å². The predicted octanol–water partition coefficient (Wildman–Crippen LogP) is 4.26. The highest BCUT2D eigenvalue weighted by molar-refractivity contribution is 6.17. The van der Waals surface area contributed by atoms with Crippen molar-refractivity contribution < 1.29 is 4.79 Å². The highest BCUT2D eigenvalue weighted by atomic mass is 16.1. The van der Waals surface area contributed by atoms with Gasteiger partial charge in [0.2, 0.25) is 5.91 Å². The van der Waals surface area contributed by atoms with Gasteiger partial charge in [0.1, 0.15) is 0 Å². The molecule has 2 N–H and O–H groups in total. The summed E-state index contributed by atoms with van der Waals surface area (Å²) >= 11 is 0. The van der Waals surface area contributed by atoms with Gasteiger partial charge in [0.15, 0.2) is 0 Å². The Kier molecular flexibility index (Phi) is 3.96. The first kappa shape index (κ1) is 16.3. The SMILES string of the molecule is CC(C)c1c[c]c2c3c(C(N)=O)cccc3n(Cc3cccnc3)c2c1. The minimum absolute atomic E-state index is 0.399. The molecule has 4 nitrogen and oxygen atoms in total. The molecule has 0 bridgehead atoms. The van der Waals surface area contributed by atoms with Crippen molar-refractivity contribution >= 4 is 27.7 Å². The summed E-state index contributed by atoms with van der Waals surface area (Å²) in [4.78, 5) is 16.2. The normalized spacial score (nSPS) is 11.5. The molecule has 0 fully saturated rings. The summed E-state index contributed by atoms with van der Waals surface area (Å²) in [5.74, 6) is -0.0199. The van der Waals surface area contributed by atoms with Crippen LogP contribution in [0.15, 0.2) is 54.9 Å². The molecule has 0 atom stereocenters. The second kappa shape index (κ2) is 6.30. The minimum atomic E-state index is -0.419. The van der Waals surface area contributed by atoms with Crippen LogP contribution in [0, 0.1) is 6.07 Å². The molecule has 4 rings (SSSR count). The fraction of sp³-hybridized carbons (Fsp3) is 0.182. The summed E-state index contributed by atoms with van der Waals surface area (Å²) in [7, 11) is 0. The third kappa shape index (κ3) is 2.64. The van der Waals surface area contributed by atoms with Crippen LogP contribution in [0.25, 0.3) is 21.8 Å². The molecule has 1 amide bonds. The molecule has 0 aliphatic rings. The highest BCUT2D eigenvalue weighted by Crippen LogP contribution is 2.33. The first-order valence-electron chi connectivity index (χ1n) is 8.71. The Morgan fingerprint density at radius 1 is 1.23 bits per heavy atom. The van der Waals surface area contributed by atoms with Crippen molar-refractivity contribution in [3.05, 3.63) is 77.6 Å². The lowest BCUT2D eigenvalue weighted by Crippen LogP contribution is -2.11. The van der Waals surface area contributed by atoms with Crippen LogP contribution in [-0.2, 0) is 6.54 Å². The highest BCUT2D eigenvalue weighted by Gasteiger charge is 2.17. The van der Waals surface area contributed by atoms with Gasteiger partial charge in [-0.2, -0.15) is 0 Å². The monoisotopic (exact) mass is 342 g/mol. The van der Waals surface area contributed by atoms with Crippen molar-refractivity contribution in [2.75, 3.05) is 0 Å². The van der Waals surface area contributed by atoms with E-state index in [9.17, 15) is 4.79 Å². The smallest absolute Gasteiger partial charge is 0.249 e. The van der Waals surface area contributed by atoms with E-state index in [0.29, 0.717) is 18.0 Å². The van der Waals surface area contributed by atoms with Gasteiger partial charge >= 0.3 is 0 Å². The van der Waals surface area contributed by atoms with Crippen LogP contribution in [0.1, 0.15) is 41.3 Å². The first-order valence-corrected chi connectivity index (χ1v) is 8.71. The molecule has 4 heteroatoms. The summed E-state index contributed by atoms with van der Waals surface area (Å²) in [5.41, 5.74) is 10.5. The number of nitrogens with two attached hydrogens (primary N) is 1. The molecule has 26 heavy (non-hydrogen) atoms. The van der Waals surface area contributed by atoms with Crippen molar-refractivity contribution in [2.45, 2.75) is 26.3 Å². The zero-order valence-corrected chi connectivity index (χ0v) is 14.9. The van der Waals surface area contributed by atoms with E-state index < -0.39 is 5.91 Å². The molecule has 2 heterocycles. The zero-order valence-electron chi connectivity index (χ0n) is 14.9. The van der Waals surface area contributed by atoms with Gasteiger partial charge in [-0.25, -0.2) is 0 Å². The number of primary amides is 1. The molecule has 0 saturated heterocycles. The molecule has 0 aliphatic carbocycles. The molecule has 129 valence electrons. The van der Waals surface area contributed by atoms with E-state index in [1.807, 2.05) is 30.5 Å². The van der Waals surface area contributed by atoms with Crippen molar-refractivity contribution in [3.8, 4) is 0 Å². The van der Waals surface area contributed by atoms with E-state index in [1.54, 1.807) is 12.3 Å². The number of nitrogens with zero attached hydrogens (tertiary/aromatic N) is 2. The summed E-state index contributed by atoms with van der Waals surface area (Å²) in [5, 5.41) is 1.80. The number of carbonyl (C=O) groups is 1. The van der Waals surface area contributed by atoms with Gasteiger partial charge in [-0.1, -0.05) is 32.0 Å². The maximum absolute atomic E-state index is 12.0. The molecule has 1 radical (unpaired) electrons. The number of hydrogen-bond acceptors (Lipinski definition) is 2. The minimum Gasteiger partial charge on any atom is -0.366 e. The Bertz CT molecular complexity index is 1110. The zero-order chi connectivity index (χ0) is 18.3. The standard InChI is InChI=1S/C22H20N3O/c1-14(2)16-8-9-17-20(11-16)25(13-15-5-4-10-24-12-15)19-7-3-6-18(21(17)19)22(23)26/h3-8,10-12,14H,13H2,1-2H3,(H2,23,26). The molecule has 2 aromatic heterocycles. The number of fused-ring (bicyclic) bond motifs is 3. The largest absolute Gasteiger partial charge is 0.366 e. The van der Waals surface area contributed by atoms with E-state index >= 15 is 0 Å². The lowest BCUT2D eigenvalue weighted by atomic mass is 10.00. The lowest BCUT2D eigenvalue weighted by Gasteiger charge is -2.10. The molecular weight excluding hydrogens is 322 g/mol. The van der Waals surface area contributed by atoms with E-state index in [4.69, 9.17) is 5.73 Å². The lowest BCUT2D eigenvalue weighted by molar-refractivity contribution is 0.100. The molecule has 0 unspecified atom stereocenters. The van der Waals surface area contributed by atoms with Gasteiger partial charge < -0.3 is 10.3 Å². The molecule has 0 aliphatic heterocycles. The van der Waals surface area contributed by atoms with Crippen LogP contribution in [-0.4, -0.2) is 15.5 Å². The second-order valence-corrected chi connectivity index (χ2v) is 6.86. The van der Waals surface area contributed by atoms with E-state index in [1.165, 1.54) is 5.56 Å². The fourth-order valence-corrected chi connectivity index (χ4v) is 3.46. The van der Waals surface area contributed by atoms with Gasteiger partial charge in [0.25, 0.3) is 0 Å². The van der Waals surface area contributed by atoms with Crippen molar-refractivity contribution in [3.63, 3.8) is 0 Å². The number of amides is 1. The number of carbonyl (C=O) groups excluding carboxylic acids is 1. The van der Waals surface area contributed by atoms with Gasteiger partial charge in [-0.3, -0.25) is 9.78 Å². The van der Waals surface area contributed by atoms with E-state index in [2.05, 4.69) is 41.6 Å². The second-order valence-electron chi connectivity index (χ2n) is 6.86. The van der Waals surface area contributed by atoms with Gasteiger partial charge in [0, 0.05) is 35.3 Å². The fourth-order valence-electron chi connectivity index (χ4n) is 3.46. The molecule has 0 saturated carbocycles. The Morgan fingerprint density at radius 2 is 2.08 bits per heavy atom. The maximum Gasteiger partial charge on any atom is 0.249 e. The summed E-state index contributed by atoms with van der Waals surface area (Å²) in [6, 6.07) is 17.3. The summed E-state index contributed by atoms with van der Waals surface area (Å²) in [6.07, 6.45) is 3.64. The van der Waals surface area contributed by atoms with Crippen LogP contribution in [0.4, 0.5) is 0 Å². The topological polar surface area (TPSA) is 60.9 Å².